The number of rotatable bonds is 6. The normalized spacial score (nSPS) is 18.2. The predicted molar refractivity (Wildman–Crippen MR) is 126 cm³/mol. The van der Waals surface area contributed by atoms with Crippen LogP contribution < -0.4 is 5.32 Å². The molecule has 8 nitrogen and oxygen atoms in total. The van der Waals surface area contributed by atoms with Crippen molar-refractivity contribution in [3.63, 3.8) is 0 Å². The molecule has 0 aromatic heterocycles. The Morgan fingerprint density at radius 1 is 1.03 bits per heavy atom. The van der Waals surface area contributed by atoms with Crippen LogP contribution in [0.1, 0.15) is 36.0 Å². The average Bonchev–Trinajstić information content (AvgIpc) is 3.33. The molecule has 1 aliphatic carbocycles. The highest BCUT2D eigenvalue weighted by Gasteiger charge is 2.37. The van der Waals surface area contributed by atoms with Gasteiger partial charge >= 0.3 is 0 Å². The molecular formula is C24H27ClN4O4. The van der Waals surface area contributed by atoms with Gasteiger partial charge in [0.15, 0.2) is 0 Å². The summed E-state index contributed by atoms with van der Waals surface area (Å²) >= 11 is 6.07. The van der Waals surface area contributed by atoms with E-state index in [1.54, 1.807) is 29.2 Å². The first-order chi connectivity index (χ1) is 15.9. The van der Waals surface area contributed by atoms with Gasteiger partial charge in [0.05, 0.1) is 11.0 Å². The number of anilines is 1. The van der Waals surface area contributed by atoms with Gasteiger partial charge in [-0.25, -0.2) is 0 Å². The van der Waals surface area contributed by atoms with Crippen LogP contribution in [0.2, 0.25) is 5.02 Å². The van der Waals surface area contributed by atoms with Crippen molar-refractivity contribution < 1.29 is 14.5 Å². The molecular weight excluding hydrogens is 444 g/mol. The maximum Gasteiger partial charge on any atom is 0.270 e. The molecule has 1 N–H and O–H groups in total. The number of benzene rings is 2. The van der Waals surface area contributed by atoms with Crippen molar-refractivity contribution in [2.45, 2.75) is 31.7 Å². The molecule has 33 heavy (non-hydrogen) atoms. The summed E-state index contributed by atoms with van der Waals surface area (Å²) in [6, 6.07) is 12.7. The van der Waals surface area contributed by atoms with Gasteiger partial charge in [0, 0.05) is 54.6 Å². The fraction of sp³-hybridized carbons (Fsp3) is 0.417. The number of nitrogens with one attached hydrogen (secondary N) is 1. The lowest BCUT2D eigenvalue weighted by atomic mass is 9.94. The van der Waals surface area contributed by atoms with E-state index in [4.69, 9.17) is 11.6 Å². The van der Waals surface area contributed by atoms with E-state index >= 15 is 0 Å². The number of piperazine rings is 1. The topological polar surface area (TPSA) is 95.8 Å². The largest absolute Gasteiger partial charge is 0.336 e. The van der Waals surface area contributed by atoms with E-state index in [-0.39, 0.29) is 29.5 Å². The Labute approximate surface area is 197 Å². The van der Waals surface area contributed by atoms with Crippen molar-refractivity contribution >= 4 is 34.8 Å². The number of halogens is 1. The molecule has 2 amide bonds. The highest BCUT2D eigenvalue weighted by Crippen LogP contribution is 2.32. The minimum absolute atomic E-state index is 0.0392. The van der Waals surface area contributed by atoms with Gasteiger partial charge in [-0.2, -0.15) is 0 Å². The fourth-order valence-electron chi connectivity index (χ4n) is 4.87. The molecule has 1 saturated carbocycles. The first-order valence-electron chi connectivity index (χ1n) is 11.3. The van der Waals surface area contributed by atoms with Gasteiger partial charge in [-0.3, -0.25) is 24.6 Å². The van der Waals surface area contributed by atoms with E-state index in [1.807, 2.05) is 6.07 Å². The third-order valence-corrected chi connectivity index (χ3v) is 6.74. The van der Waals surface area contributed by atoms with Crippen molar-refractivity contribution in [1.29, 1.82) is 0 Å². The van der Waals surface area contributed by atoms with Crippen LogP contribution in [0.5, 0.6) is 0 Å². The zero-order valence-electron chi connectivity index (χ0n) is 18.3. The lowest BCUT2D eigenvalue weighted by Crippen LogP contribution is -2.56. The van der Waals surface area contributed by atoms with Crippen LogP contribution in [0, 0.1) is 16.0 Å². The molecule has 0 bridgehead atoms. The fourth-order valence-corrected chi connectivity index (χ4v) is 5.06. The van der Waals surface area contributed by atoms with Gasteiger partial charge in [0.2, 0.25) is 5.91 Å². The Morgan fingerprint density at radius 3 is 2.39 bits per heavy atom. The summed E-state index contributed by atoms with van der Waals surface area (Å²) in [6.07, 6.45) is 4.27. The number of nitro benzene ring substituents is 1. The number of nitrogens with zero attached hydrogens (tertiary/aromatic N) is 3. The molecule has 4 rings (SSSR count). The number of carbonyl (C=O) groups excluding carboxylic acids is 2. The minimum Gasteiger partial charge on any atom is -0.336 e. The zero-order chi connectivity index (χ0) is 23.4. The van der Waals surface area contributed by atoms with Crippen molar-refractivity contribution in [3.05, 3.63) is 69.2 Å². The van der Waals surface area contributed by atoms with E-state index in [2.05, 4.69) is 10.2 Å². The summed E-state index contributed by atoms with van der Waals surface area (Å²) in [5.41, 5.74) is 0.886. The predicted octanol–water partition coefficient (Wildman–Crippen LogP) is 4.20. The molecule has 1 atom stereocenters. The number of carbonyl (C=O) groups is 2. The minimum atomic E-state index is -0.501. The molecule has 1 saturated heterocycles. The third kappa shape index (κ3) is 5.51. The second-order valence-corrected chi connectivity index (χ2v) is 9.06. The number of amides is 2. The van der Waals surface area contributed by atoms with Gasteiger partial charge in [0.1, 0.15) is 0 Å². The van der Waals surface area contributed by atoms with Crippen LogP contribution in [-0.4, -0.2) is 58.8 Å². The Hall–Kier alpha value is -2.97. The Bertz CT molecular complexity index is 1030. The summed E-state index contributed by atoms with van der Waals surface area (Å²) < 4.78 is 0. The van der Waals surface area contributed by atoms with E-state index in [0.717, 1.165) is 25.7 Å². The third-order valence-electron chi connectivity index (χ3n) is 6.51. The molecule has 0 spiro atoms. The quantitative estimate of drug-likeness (QED) is 0.504. The van der Waals surface area contributed by atoms with Crippen LogP contribution in [0.3, 0.4) is 0 Å². The molecule has 0 unspecified atom stereocenters. The lowest BCUT2D eigenvalue weighted by molar-refractivity contribution is -0.384. The van der Waals surface area contributed by atoms with Gasteiger partial charge in [0.25, 0.3) is 11.6 Å². The number of nitro groups is 1. The van der Waals surface area contributed by atoms with Crippen molar-refractivity contribution in [2.24, 2.45) is 5.92 Å². The smallest absolute Gasteiger partial charge is 0.270 e. The monoisotopic (exact) mass is 470 g/mol. The Balaban J connectivity index is 1.43. The molecule has 9 heteroatoms. The molecule has 0 radical (unpaired) electrons. The number of hydrogen-bond donors (Lipinski definition) is 1. The molecule has 2 aromatic carbocycles. The first kappa shape index (κ1) is 23.2. The second kappa shape index (κ2) is 10.3. The Kier molecular flexibility index (Phi) is 7.25. The van der Waals surface area contributed by atoms with Gasteiger partial charge in [-0.15, -0.1) is 0 Å². The summed E-state index contributed by atoms with van der Waals surface area (Å²) in [5.74, 6) is 0.0185. The van der Waals surface area contributed by atoms with E-state index in [0.29, 0.717) is 42.5 Å². The molecule has 2 aromatic rings. The van der Waals surface area contributed by atoms with Gasteiger partial charge in [-0.1, -0.05) is 36.6 Å². The van der Waals surface area contributed by atoms with Crippen molar-refractivity contribution in [1.82, 2.24) is 9.80 Å². The Morgan fingerprint density at radius 2 is 1.73 bits per heavy atom. The summed E-state index contributed by atoms with van der Waals surface area (Å²) in [5, 5.41) is 14.6. The standard InChI is InChI=1S/C24H27ClN4O4/c25-19-8-4-9-20(16-19)26-23(30)22(17-5-1-2-6-17)27-11-13-28(14-12-27)24(31)18-7-3-10-21(15-18)29(32)33/h3-4,7-10,15-17,22H,1-2,5-6,11-14H2,(H,26,30)/t22-/m0/s1. The van der Waals surface area contributed by atoms with Crippen LogP contribution in [-0.2, 0) is 4.79 Å². The molecule has 1 heterocycles. The maximum atomic E-state index is 13.3. The van der Waals surface area contributed by atoms with Crippen LogP contribution in [0.4, 0.5) is 11.4 Å². The number of non-ortho nitro benzene ring substituents is 1. The zero-order valence-corrected chi connectivity index (χ0v) is 19.0. The molecule has 174 valence electrons. The number of hydrogen-bond acceptors (Lipinski definition) is 5. The maximum absolute atomic E-state index is 13.3. The second-order valence-electron chi connectivity index (χ2n) is 8.62. The van der Waals surface area contributed by atoms with E-state index in [9.17, 15) is 19.7 Å². The molecule has 1 aliphatic heterocycles. The van der Waals surface area contributed by atoms with Gasteiger partial charge < -0.3 is 10.2 Å². The average molecular weight is 471 g/mol. The van der Waals surface area contributed by atoms with E-state index < -0.39 is 4.92 Å². The van der Waals surface area contributed by atoms with Crippen molar-refractivity contribution in [2.75, 3.05) is 31.5 Å². The first-order valence-corrected chi connectivity index (χ1v) is 11.6. The van der Waals surface area contributed by atoms with Crippen molar-refractivity contribution in [3.8, 4) is 0 Å². The molecule has 2 aliphatic rings. The van der Waals surface area contributed by atoms with Crippen LogP contribution in [0.25, 0.3) is 0 Å². The van der Waals surface area contributed by atoms with E-state index in [1.165, 1.54) is 18.2 Å². The SMILES string of the molecule is O=C(Nc1cccc(Cl)c1)[C@H](C1CCCC1)N1CCN(C(=O)c2cccc([N+](=O)[O-])c2)CC1. The summed E-state index contributed by atoms with van der Waals surface area (Å²) in [7, 11) is 0. The summed E-state index contributed by atoms with van der Waals surface area (Å²) in [4.78, 5) is 40.6. The summed E-state index contributed by atoms with van der Waals surface area (Å²) in [6.45, 7) is 2.08. The highest BCUT2D eigenvalue weighted by atomic mass is 35.5. The van der Waals surface area contributed by atoms with Crippen LogP contribution in [0.15, 0.2) is 48.5 Å². The van der Waals surface area contributed by atoms with Crippen LogP contribution >= 0.6 is 11.6 Å². The van der Waals surface area contributed by atoms with Gasteiger partial charge in [-0.05, 0) is 43.0 Å². The highest BCUT2D eigenvalue weighted by molar-refractivity contribution is 6.30. The lowest BCUT2D eigenvalue weighted by Gasteiger charge is -2.40. The molecule has 2 fully saturated rings.